The van der Waals surface area contributed by atoms with E-state index in [0.29, 0.717) is 24.4 Å². The smallest absolute Gasteiger partial charge is 0.410 e. The molecule has 2 atom stereocenters. The standard InChI is InChI=1S/C16H23N3O2/c1-5-17(2)16(20)21-11-6-7-14-13(10-11)12-8-9-18(3)15(12)19(14)4/h6-7,10,12,15H,5,8-9H2,1-4H3. The van der Waals surface area contributed by atoms with E-state index in [1.807, 2.05) is 19.1 Å². The second kappa shape index (κ2) is 5.22. The van der Waals surface area contributed by atoms with E-state index in [1.54, 1.807) is 11.9 Å². The van der Waals surface area contributed by atoms with E-state index in [2.05, 4.69) is 30.0 Å². The van der Waals surface area contributed by atoms with Gasteiger partial charge in [-0.2, -0.15) is 0 Å². The van der Waals surface area contributed by atoms with Crippen molar-refractivity contribution >= 4 is 11.8 Å². The lowest BCUT2D eigenvalue weighted by atomic mass is 9.98. The normalized spacial score (nSPS) is 23.9. The minimum absolute atomic E-state index is 0.302. The number of carbonyl (C=O) groups excluding carboxylic acids is 1. The first-order valence-electron chi connectivity index (χ1n) is 7.53. The van der Waals surface area contributed by atoms with Gasteiger partial charge >= 0.3 is 6.09 Å². The molecular weight excluding hydrogens is 266 g/mol. The number of benzene rings is 1. The molecule has 5 nitrogen and oxygen atoms in total. The number of hydrogen-bond acceptors (Lipinski definition) is 4. The van der Waals surface area contributed by atoms with Gasteiger partial charge in [0, 0.05) is 38.8 Å². The summed E-state index contributed by atoms with van der Waals surface area (Å²) in [6.07, 6.45) is 1.29. The van der Waals surface area contributed by atoms with E-state index in [1.165, 1.54) is 11.3 Å². The molecule has 0 aromatic heterocycles. The Bertz CT molecular complexity index is 560. The maximum Gasteiger partial charge on any atom is 0.414 e. The Morgan fingerprint density at radius 3 is 2.90 bits per heavy atom. The van der Waals surface area contributed by atoms with Gasteiger partial charge in [0.25, 0.3) is 0 Å². The maximum absolute atomic E-state index is 11.9. The quantitative estimate of drug-likeness (QED) is 0.837. The molecule has 1 amide bonds. The number of nitrogens with zero attached hydrogens (tertiary/aromatic N) is 3. The average molecular weight is 289 g/mol. The summed E-state index contributed by atoms with van der Waals surface area (Å²) < 4.78 is 5.46. The van der Waals surface area contributed by atoms with Crippen LogP contribution >= 0.6 is 0 Å². The van der Waals surface area contributed by atoms with Crippen LogP contribution in [0.25, 0.3) is 0 Å². The number of likely N-dealkylation sites (tertiary alicyclic amines) is 1. The molecule has 0 radical (unpaired) electrons. The number of hydrogen-bond donors (Lipinski definition) is 0. The molecule has 0 saturated carbocycles. The van der Waals surface area contributed by atoms with Crippen LogP contribution in [0, 0.1) is 0 Å². The molecule has 0 bridgehead atoms. The Morgan fingerprint density at radius 2 is 2.19 bits per heavy atom. The maximum atomic E-state index is 11.9. The van der Waals surface area contributed by atoms with Crippen molar-refractivity contribution in [2.75, 3.05) is 39.1 Å². The number of fused-ring (bicyclic) bond motifs is 3. The van der Waals surface area contributed by atoms with Gasteiger partial charge in [0.1, 0.15) is 5.75 Å². The minimum Gasteiger partial charge on any atom is -0.410 e. The Kier molecular flexibility index (Phi) is 3.53. The summed E-state index contributed by atoms with van der Waals surface area (Å²) >= 11 is 0. The van der Waals surface area contributed by atoms with E-state index in [-0.39, 0.29) is 6.09 Å². The lowest BCUT2D eigenvalue weighted by Gasteiger charge is -2.28. The van der Waals surface area contributed by atoms with Crippen molar-refractivity contribution in [3.63, 3.8) is 0 Å². The molecule has 3 rings (SSSR count). The van der Waals surface area contributed by atoms with Crippen LogP contribution in [0.15, 0.2) is 18.2 Å². The lowest BCUT2D eigenvalue weighted by molar-refractivity contribution is 0.165. The van der Waals surface area contributed by atoms with Gasteiger partial charge < -0.3 is 14.5 Å². The van der Waals surface area contributed by atoms with Crippen LogP contribution in [-0.4, -0.2) is 56.3 Å². The van der Waals surface area contributed by atoms with Crippen LogP contribution < -0.4 is 9.64 Å². The highest BCUT2D eigenvalue weighted by Gasteiger charge is 2.43. The fourth-order valence-electron chi connectivity index (χ4n) is 3.48. The SMILES string of the molecule is CCN(C)C(=O)Oc1ccc2c(c1)C1CCN(C)C1N2C. The molecule has 0 N–H and O–H groups in total. The third kappa shape index (κ3) is 2.25. The monoisotopic (exact) mass is 289 g/mol. The number of rotatable bonds is 2. The Balaban J connectivity index is 1.85. The summed E-state index contributed by atoms with van der Waals surface area (Å²) in [7, 11) is 6.05. The number of ether oxygens (including phenoxy) is 1. The summed E-state index contributed by atoms with van der Waals surface area (Å²) in [5, 5.41) is 0. The van der Waals surface area contributed by atoms with Crippen molar-refractivity contribution in [3.05, 3.63) is 23.8 Å². The largest absolute Gasteiger partial charge is 0.414 e. The van der Waals surface area contributed by atoms with E-state index in [0.717, 1.165) is 13.0 Å². The van der Waals surface area contributed by atoms with Crippen molar-refractivity contribution in [2.24, 2.45) is 0 Å². The van der Waals surface area contributed by atoms with Gasteiger partial charge in [-0.15, -0.1) is 0 Å². The second-order valence-corrected chi connectivity index (χ2v) is 6.00. The highest BCUT2D eigenvalue weighted by Crippen LogP contribution is 2.47. The average Bonchev–Trinajstić information content (AvgIpc) is 2.98. The van der Waals surface area contributed by atoms with Gasteiger partial charge in [-0.25, -0.2) is 4.79 Å². The minimum atomic E-state index is -0.302. The molecule has 1 aromatic carbocycles. The molecule has 1 aromatic rings. The second-order valence-electron chi connectivity index (χ2n) is 6.00. The molecule has 114 valence electrons. The van der Waals surface area contributed by atoms with E-state index in [4.69, 9.17) is 4.74 Å². The topological polar surface area (TPSA) is 36.0 Å². The first kappa shape index (κ1) is 14.2. The number of amides is 1. The van der Waals surface area contributed by atoms with Crippen molar-refractivity contribution < 1.29 is 9.53 Å². The molecule has 1 fully saturated rings. The third-order valence-electron chi connectivity index (χ3n) is 4.77. The van der Waals surface area contributed by atoms with E-state index in [9.17, 15) is 4.79 Å². The molecule has 0 aliphatic carbocycles. The van der Waals surface area contributed by atoms with E-state index >= 15 is 0 Å². The summed E-state index contributed by atoms with van der Waals surface area (Å²) in [6, 6.07) is 5.99. The zero-order valence-electron chi connectivity index (χ0n) is 13.2. The molecular formula is C16H23N3O2. The van der Waals surface area contributed by atoms with Crippen molar-refractivity contribution in [1.82, 2.24) is 9.80 Å². The van der Waals surface area contributed by atoms with Crippen LogP contribution in [0.5, 0.6) is 5.75 Å². The fraction of sp³-hybridized carbons (Fsp3) is 0.562. The molecule has 21 heavy (non-hydrogen) atoms. The molecule has 5 heteroatoms. The molecule has 2 aliphatic heterocycles. The predicted octanol–water partition coefficient (Wildman–Crippen LogP) is 2.33. The van der Waals surface area contributed by atoms with Gasteiger partial charge in [-0.05, 0) is 44.2 Å². The molecule has 0 spiro atoms. The highest BCUT2D eigenvalue weighted by molar-refractivity contribution is 5.71. The number of anilines is 1. The lowest BCUT2D eigenvalue weighted by Crippen LogP contribution is -2.39. The predicted molar refractivity (Wildman–Crippen MR) is 82.9 cm³/mol. The molecule has 2 unspecified atom stereocenters. The van der Waals surface area contributed by atoms with Crippen LogP contribution in [0.3, 0.4) is 0 Å². The van der Waals surface area contributed by atoms with E-state index < -0.39 is 0 Å². The van der Waals surface area contributed by atoms with Gasteiger partial charge in [0.05, 0.1) is 6.17 Å². The van der Waals surface area contributed by atoms with Crippen molar-refractivity contribution in [3.8, 4) is 5.75 Å². The van der Waals surface area contributed by atoms with Crippen LogP contribution in [-0.2, 0) is 0 Å². The molecule has 2 heterocycles. The Hall–Kier alpha value is -1.75. The zero-order chi connectivity index (χ0) is 15.1. The molecule has 2 aliphatic rings. The number of likely N-dealkylation sites (N-methyl/N-ethyl adjacent to an activating group) is 2. The first-order chi connectivity index (χ1) is 10.0. The highest BCUT2D eigenvalue weighted by atomic mass is 16.6. The van der Waals surface area contributed by atoms with Gasteiger partial charge in [-0.3, -0.25) is 4.90 Å². The Morgan fingerprint density at radius 1 is 1.43 bits per heavy atom. The van der Waals surface area contributed by atoms with Gasteiger partial charge in [-0.1, -0.05) is 0 Å². The summed E-state index contributed by atoms with van der Waals surface area (Å²) in [5.74, 6) is 1.15. The van der Waals surface area contributed by atoms with Crippen LogP contribution in [0.4, 0.5) is 10.5 Å². The summed E-state index contributed by atoms with van der Waals surface area (Å²) in [5.41, 5.74) is 2.55. The third-order valence-corrected chi connectivity index (χ3v) is 4.77. The van der Waals surface area contributed by atoms with Gasteiger partial charge in [0.2, 0.25) is 0 Å². The van der Waals surface area contributed by atoms with Crippen molar-refractivity contribution in [1.29, 1.82) is 0 Å². The molecule has 1 saturated heterocycles. The summed E-state index contributed by atoms with van der Waals surface area (Å²) in [6.45, 7) is 3.68. The fourth-order valence-corrected chi connectivity index (χ4v) is 3.48. The Labute approximate surface area is 126 Å². The van der Waals surface area contributed by atoms with Crippen molar-refractivity contribution in [2.45, 2.75) is 25.4 Å². The first-order valence-corrected chi connectivity index (χ1v) is 7.53. The number of carbonyl (C=O) groups is 1. The van der Waals surface area contributed by atoms with Crippen LogP contribution in [0.1, 0.15) is 24.8 Å². The summed E-state index contributed by atoms with van der Waals surface area (Å²) in [4.78, 5) is 18.2. The van der Waals surface area contributed by atoms with Gasteiger partial charge in [0.15, 0.2) is 0 Å². The zero-order valence-corrected chi connectivity index (χ0v) is 13.2. The van der Waals surface area contributed by atoms with Crippen LogP contribution in [0.2, 0.25) is 0 Å².